The molecule has 1 aromatic rings. The molecule has 1 N–H and O–H groups in total. The van der Waals surface area contributed by atoms with Gasteiger partial charge in [-0.15, -0.1) is 0 Å². The molecule has 0 atom stereocenters. The predicted molar refractivity (Wildman–Crippen MR) is 60.3 cm³/mol. The van der Waals surface area contributed by atoms with Gasteiger partial charge in [-0.2, -0.15) is 0 Å². The van der Waals surface area contributed by atoms with Crippen molar-refractivity contribution in [3.05, 3.63) is 51.9 Å². The van der Waals surface area contributed by atoms with Crippen LogP contribution in [0.15, 0.2) is 35.5 Å². The van der Waals surface area contributed by atoms with E-state index in [2.05, 4.69) is 10.0 Å². The summed E-state index contributed by atoms with van der Waals surface area (Å²) in [6, 6.07) is 7.82. The molecule has 0 heterocycles. The lowest BCUT2D eigenvalue weighted by Crippen LogP contribution is -1.93. The number of hydrogen-bond acceptors (Lipinski definition) is 2. The summed E-state index contributed by atoms with van der Waals surface area (Å²) in [5, 5.41) is 12.3. The Morgan fingerprint density at radius 2 is 2.20 bits per heavy atom. The summed E-state index contributed by atoms with van der Waals surface area (Å²) in [6.45, 7) is 0.491. The number of aliphatic hydroxyl groups is 1. The number of benzene rings is 1. The molecule has 0 unspecified atom stereocenters. The van der Waals surface area contributed by atoms with Crippen molar-refractivity contribution in [1.82, 2.24) is 0 Å². The third-order valence-electron chi connectivity index (χ3n) is 1.98. The summed E-state index contributed by atoms with van der Waals surface area (Å²) in [5.41, 5.74) is 10.2. The second-order valence-corrected chi connectivity index (χ2v) is 2.99. The van der Waals surface area contributed by atoms with Gasteiger partial charge < -0.3 is 5.11 Å². The summed E-state index contributed by atoms with van der Waals surface area (Å²) in [6.07, 6.45) is 4.34. The molecular weight excluding hydrogens is 190 g/mol. The minimum atomic E-state index is 0.140. The van der Waals surface area contributed by atoms with Crippen molar-refractivity contribution in [2.45, 2.75) is 6.42 Å². The Labute approximate surface area is 88.5 Å². The van der Waals surface area contributed by atoms with Gasteiger partial charge in [0.2, 0.25) is 0 Å². The van der Waals surface area contributed by atoms with E-state index in [1.165, 1.54) is 0 Å². The van der Waals surface area contributed by atoms with Crippen molar-refractivity contribution in [2.24, 2.45) is 5.11 Å². The van der Waals surface area contributed by atoms with Crippen molar-refractivity contribution in [1.29, 1.82) is 0 Å². The van der Waals surface area contributed by atoms with Crippen LogP contribution in [0.25, 0.3) is 16.5 Å². The molecule has 4 nitrogen and oxygen atoms in total. The lowest BCUT2D eigenvalue weighted by atomic mass is 10.0. The van der Waals surface area contributed by atoms with Crippen LogP contribution in [-0.4, -0.2) is 18.3 Å². The van der Waals surface area contributed by atoms with Crippen LogP contribution in [0.1, 0.15) is 11.1 Å². The molecular formula is C11H13N3O. The van der Waals surface area contributed by atoms with E-state index < -0.39 is 0 Å². The van der Waals surface area contributed by atoms with E-state index in [0.29, 0.717) is 13.0 Å². The van der Waals surface area contributed by atoms with Crippen molar-refractivity contribution in [3.8, 4) is 0 Å². The van der Waals surface area contributed by atoms with Crippen molar-refractivity contribution < 1.29 is 5.11 Å². The summed E-state index contributed by atoms with van der Waals surface area (Å²) < 4.78 is 0. The Hall–Kier alpha value is -1.77. The number of aliphatic hydroxyl groups excluding tert-OH is 1. The Bertz CT molecular complexity index is 381. The van der Waals surface area contributed by atoms with Gasteiger partial charge in [0, 0.05) is 18.1 Å². The fraction of sp³-hybridized carbons (Fsp3) is 0.273. The van der Waals surface area contributed by atoms with E-state index in [1.807, 2.05) is 30.3 Å². The average molecular weight is 203 g/mol. The van der Waals surface area contributed by atoms with Gasteiger partial charge in [-0.3, -0.25) is 0 Å². The van der Waals surface area contributed by atoms with Crippen LogP contribution in [0.5, 0.6) is 0 Å². The normalized spacial score (nSPS) is 10.2. The molecule has 0 radical (unpaired) electrons. The van der Waals surface area contributed by atoms with Crippen molar-refractivity contribution in [2.75, 3.05) is 13.2 Å². The maximum atomic E-state index is 8.86. The Balaban J connectivity index is 2.74. The predicted octanol–water partition coefficient (Wildman–Crippen LogP) is 2.54. The standard InChI is InChI=1S/C11H13N3O/c12-14-13-8-3-6-10-4-1-2-5-11(10)7-9-15/h1-6,15H,7-9H2. The maximum Gasteiger partial charge on any atom is 0.0471 e. The summed E-state index contributed by atoms with van der Waals surface area (Å²) in [5.74, 6) is 0. The molecule has 78 valence electrons. The fourth-order valence-corrected chi connectivity index (χ4v) is 1.31. The Kier molecular flexibility index (Phi) is 5.01. The van der Waals surface area contributed by atoms with Gasteiger partial charge in [0.15, 0.2) is 0 Å². The molecule has 1 aromatic carbocycles. The van der Waals surface area contributed by atoms with Crippen LogP contribution in [-0.2, 0) is 6.42 Å². The Morgan fingerprint density at radius 1 is 1.40 bits per heavy atom. The fourth-order valence-electron chi connectivity index (χ4n) is 1.31. The second kappa shape index (κ2) is 6.65. The molecule has 0 spiro atoms. The first-order chi connectivity index (χ1) is 7.38. The molecule has 1 rings (SSSR count). The van der Waals surface area contributed by atoms with Crippen LogP contribution in [0.4, 0.5) is 0 Å². The second-order valence-electron chi connectivity index (χ2n) is 2.99. The van der Waals surface area contributed by atoms with E-state index in [-0.39, 0.29) is 6.61 Å². The smallest absolute Gasteiger partial charge is 0.0471 e. The largest absolute Gasteiger partial charge is 0.396 e. The van der Waals surface area contributed by atoms with E-state index in [0.717, 1.165) is 11.1 Å². The molecule has 15 heavy (non-hydrogen) atoms. The van der Waals surface area contributed by atoms with Gasteiger partial charge in [-0.25, -0.2) is 0 Å². The zero-order valence-electron chi connectivity index (χ0n) is 8.37. The third-order valence-corrected chi connectivity index (χ3v) is 1.98. The maximum absolute atomic E-state index is 8.86. The number of azide groups is 1. The highest BCUT2D eigenvalue weighted by Gasteiger charge is 1.96. The van der Waals surface area contributed by atoms with Crippen molar-refractivity contribution >= 4 is 6.08 Å². The highest BCUT2D eigenvalue weighted by atomic mass is 16.2. The number of nitrogens with zero attached hydrogens (tertiary/aromatic N) is 3. The number of rotatable bonds is 5. The lowest BCUT2D eigenvalue weighted by Gasteiger charge is -2.02. The first-order valence-electron chi connectivity index (χ1n) is 4.74. The first-order valence-corrected chi connectivity index (χ1v) is 4.74. The molecule has 0 saturated heterocycles. The zero-order valence-corrected chi connectivity index (χ0v) is 8.37. The molecule has 0 amide bonds. The molecule has 0 aliphatic carbocycles. The zero-order chi connectivity index (χ0) is 10.9. The number of hydrogen-bond donors (Lipinski definition) is 1. The van der Waals surface area contributed by atoms with E-state index in [4.69, 9.17) is 10.6 Å². The van der Waals surface area contributed by atoms with Crippen LogP contribution in [0.3, 0.4) is 0 Å². The van der Waals surface area contributed by atoms with Crippen LogP contribution in [0.2, 0.25) is 0 Å². The highest BCUT2D eigenvalue weighted by Crippen LogP contribution is 2.11. The summed E-state index contributed by atoms with van der Waals surface area (Å²) >= 11 is 0. The van der Waals surface area contributed by atoms with Crippen molar-refractivity contribution in [3.63, 3.8) is 0 Å². The molecule has 4 heteroatoms. The van der Waals surface area contributed by atoms with Gasteiger partial charge in [0.1, 0.15) is 0 Å². The summed E-state index contributed by atoms with van der Waals surface area (Å²) in [7, 11) is 0. The average Bonchev–Trinajstić information content (AvgIpc) is 2.27. The molecule has 0 saturated carbocycles. The van der Waals surface area contributed by atoms with Gasteiger partial charge >= 0.3 is 0 Å². The SMILES string of the molecule is [N-]=[N+]=NCC=Cc1ccccc1CCO. The first kappa shape index (κ1) is 11.3. The molecule has 0 fully saturated rings. The van der Waals surface area contributed by atoms with Gasteiger partial charge in [-0.1, -0.05) is 41.5 Å². The monoisotopic (exact) mass is 203 g/mol. The third kappa shape index (κ3) is 3.85. The molecule has 0 bridgehead atoms. The quantitative estimate of drug-likeness (QED) is 0.446. The highest BCUT2D eigenvalue weighted by molar-refractivity contribution is 5.53. The van der Waals surface area contributed by atoms with Gasteiger partial charge in [-0.05, 0) is 23.1 Å². The minimum absolute atomic E-state index is 0.140. The summed E-state index contributed by atoms with van der Waals surface area (Å²) in [4.78, 5) is 2.66. The lowest BCUT2D eigenvalue weighted by molar-refractivity contribution is 0.299. The van der Waals surface area contributed by atoms with E-state index >= 15 is 0 Å². The molecule has 0 aromatic heterocycles. The van der Waals surface area contributed by atoms with Gasteiger partial charge in [0.05, 0.1) is 0 Å². The molecule has 0 aliphatic heterocycles. The van der Waals surface area contributed by atoms with Crippen LogP contribution < -0.4 is 0 Å². The molecule has 0 aliphatic rings. The van der Waals surface area contributed by atoms with Gasteiger partial charge in [0.25, 0.3) is 0 Å². The van der Waals surface area contributed by atoms with E-state index in [9.17, 15) is 0 Å². The topological polar surface area (TPSA) is 69.0 Å². The Morgan fingerprint density at radius 3 is 2.93 bits per heavy atom. The van der Waals surface area contributed by atoms with Crippen LogP contribution in [0, 0.1) is 0 Å². The van der Waals surface area contributed by atoms with Crippen LogP contribution >= 0.6 is 0 Å². The van der Waals surface area contributed by atoms with E-state index in [1.54, 1.807) is 6.08 Å². The minimum Gasteiger partial charge on any atom is -0.396 e.